The molecule has 2 aromatic carbocycles. The third-order valence-electron chi connectivity index (χ3n) is 4.54. The van der Waals surface area contributed by atoms with E-state index < -0.39 is 16.4 Å². The van der Waals surface area contributed by atoms with E-state index in [4.69, 9.17) is 0 Å². The van der Waals surface area contributed by atoms with Gasteiger partial charge in [0.15, 0.2) is 0 Å². The maximum absolute atomic E-state index is 11.7. The second-order valence-electron chi connectivity index (χ2n) is 6.95. The lowest BCUT2D eigenvalue weighted by Crippen LogP contribution is -2.30. The van der Waals surface area contributed by atoms with Gasteiger partial charge in [-0.2, -0.15) is 0 Å². The molecule has 0 unspecified atom stereocenters. The number of carbonyl (C=O) groups excluding carboxylic acids is 1. The molecular weight excluding hydrogens is 318 g/mol. The van der Waals surface area contributed by atoms with E-state index in [2.05, 4.69) is 13.8 Å². The summed E-state index contributed by atoms with van der Waals surface area (Å²) in [4.78, 5) is 22.0. The summed E-state index contributed by atoms with van der Waals surface area (Å²) in [7, 11) is 0. The molecule has 1 N–H and O–H groups in total. The number of aliphatic hydroxyl groups excluding tert-OH is 1. The summed E-state index contributed by atoms with van der Waals surface area (Å²) < 4.78 is 0. The molecule has 0 saturated heterocycles. The van der Waals surface area contributed by atoms with Crippen molar-refractivity contribution in [2.24, 2.45) is 5.41 Å². The summed E-state index contributed by atoms with van der Waals surface area (Å²) in [5.74, 6) is 0.428. The molecule has 25 heavy (non-hydrogen) atoms. The van der Waals surface area contributed by atoms with Gasteiger partial charge < -0.3 is 9.90 Å². The van der Waals surface area contributed by atoms with Crippen LogP contribution in [0.15, 0.2) is 48.5 Å². The predicted octanol–water partition coefficient (Wildman–Crippen LogP) is 4.20. The van der Waals surface area contributed by atoms with E-state index >= 15 is 0 Å². The first-order valence-corrected chi connectivity index (χ1v) is 8.24. The molecule has 5 heteroatoms. The van der Waals surface area contributed by atoms with Crippen LogP contribution in [-0.4, -0.2) is 16.3 Å². The van der Waals surface area contributed by atoms with Crippen LogP contribution in [0.25, 0.3) is 0 Å². The van der Waals surface area contributed by atoms with Crippen LogP contribution in [0.1, 0.15) is 49.5 Å². The summed E-state index contributed by atoms with van der Waals surface area (Å²) >= 11 is 0. The zero-order valence-corrected chi connectivity index (χ0v) is 14.7. The van der Waals surface area contributed by atoms with Gasteiger partial charge in [-0.1, -0.05) is 38.1 Å². The van der Waals surface area contributed by atoms with Crippen molar-refractivity contribution >= 4 is 12.0 Å². The minimum Gasteiger partial charge on any atom is -0.387 e. The molecule has 0 bridgehead atoms. The average Bonchev–Trinajstić information content (AvgIpc) is 2.61. The van der Waals surface area contributed by atoms with Crippen molar-refractivity contribution in [1.82, 2.24) is 0 Å². The van der Waals surface area contributed by atoms with Crippen molar-refractivity contribution in [3.8, 4) is 0 Å². The van der Waals surface area contributed by atoms with Crippen molar-refractivity contribution in [3.63, 3.8) is 0 Å². The van der Waals surface area contributed by atoms with Crippen molar-refractivity contribution in [3.05, 3.63) is 75.3 Å². The van der Waals surface area contributed by atoms with Crippen LogP contribution in [0.3, 0.4) is 0 Å². The maximum atomic E-state index is 11.7. The number of nitrogens with zero attached hydrogens (tertiary/aromatic N) is 1. The normalized spacial score (nSPS) is 14.8. The lowest BCUT2D eigenvalue weighted by molar-refractivity contribution is -0.384. The monoisotopic (exact) mass is 341 g/mol. The van der Waals surface area contributed by atoms with Crippen molar-refractivity contribution < 1.29 is 14.8 Å². The number of aliphatic hydroxyl groups is 1. The Balaban J connectivity index is 2.22. The summed E-state index contributed by atoms with van der Waals surface area (Å²) in [5.41, 5.74) is 1.59. The Morgan fingerprint density at radius 2 is 1.60 bits per heavy atom. The van der Waals surface area contributed by atoms with Gasteiger partial charge in [0.25, 0.3) is 5.69 Å². The van der Waals surface area contributed by atoms with E-state index in [9.17, 15) is 20.0 Å². The van der Waals surface area contributed by atoms with Crippen LogP contribution in [0.2, 0.25) is 0 Å². The number of hydrogen-bond acceptors (Lipinski definition) is 4. The molecule has 0 radical (unpaired) electrons. The van der Waals surface area contributed by atoms with E-state index in [1.165, 1.54) is 29.8 Å². The Kier molecular flexibility index (Phi) is 5.69. The molecule has 0 aromatic heterocycles. The van der Waals surface area contributed by atoms with Gasteiger partial charge in [-0.3, -0.25) is 10.1 Å². The summed E-state index contributed by atoms with van der Waals surface area (Å²) in [6.45, 7) is 5.92. The van der Waals surface area contributed by atoms with Crippen LogP contribution in [0, 0.1) is 15.5 Å². The molecular formula is C20H23NO4. The molecule has 0 spiro atoms. The smallest absolute Gasteiger partial charge is 0.269 e. The fraction of sp³-hybridized carbons (Fsp3) is 0.350. The quantitative estimate of drug-likeness (QED) is 0.465. The van der Waals surface area contributed by atoms with E-state index in [1.807, 2.05) is 24.3 Å². The third kappa shape index (κ3) is 4.31. The number of non-ortho nitro benzene ring substituents is 1. The third-order valence-corrected chi connectivity index (χ3v) is 4.54. The lowest BCUT2D eigenvalue weighted by atomic mass is 9.77. The Bertz CT molecular complexity index is 737. The lowest BCUT2D eigenvalue weighted by Gasteiger charge is -2.29. The van der Waals surface area contributed by atoms with Gasteiger partial charge in [-0.25, -0.2) is 0 Å². The molecule has 2 rings (SSSR count). The van der Waals surface area contributed by atoms with Gasteiger partial charge in [0.2, 0.25) is 0 Å². The van der Waals surface area contributed by atoms with Gasteiger partial charge in [-0.05, 0) is 48.1 Å². The van der Waals surface area contributed by atoms with Crippen LogP contribution < -0.4 is 0 Å². The fourth-order valence-electron chi connectivity index (χ4n) is 2.82. The second kappa shape index (κ2) is 7.57. The topological polar surface area (TPSA) is 80.4 Å². The fourth-order valence-corrected chi connectivity index (χ4v) is 2.82. The van der Waals surface area contributed by atoms with E-state index in [-0.39, 0.29) is 5.69 Å². The Morgan fingerprint density at radius 1 is 1.08 bits per heavy atom. The van der Waals surface area contributed by atoms with Crippen LogP contribution >= 0.6 is 0 Å². The number of benzene rings is 2. The minimum absolute atomic E-state index is 0.0481. The van der Waals surface area contributed by atoms with Gasteiger partial charge in [-0.15, -0.1) is 0 Å². The molecule has 0 aliphatic carbocycles. The zero-order valence-electron chi connectivity index (χ0n) is 14.7. The number of nitro groups is 1. The molecule has 0 aliphatic heterocycles. The molecule has 0 fully saturated rings. The van der Waals surface area contributed by atoms with Crippen molar-refractivity contribution in [2.75, 3.05) is 0 Å². The number of hydrogen-bond donors (Lipinski definition) is 1. The molecule has 0 heterocycles. The number of carbonyl (C=O) groups is 1. The summed E-state index contributed by atoms with van der Waals surface area (Å²) in [6.07, 6.45) is 0.0956. The largest absolute Gasteiger partial charge is 0.387 e. The van der Waals surface area contributed by atoms with Gasteiger partial charge in [0, 0.05) is 12.1 Å². The highest BCUT2D eigenvalue weighted by Gasteiger charge is 2.34. The van der Waals surface area contributed by atoms with Crippen LogP contribution in [0.4, 0.5) is 5.69 Å². The molecule has 2 atom stereocenters. The number of rotatable bonds is 7. The maximum Gasteiger partial charge on any atom is 0.269 e. The van der Waals surface area contributed by atoms with Crippen LogP contribution in [0.5, 0.6) is 0 Å². The first-order valence-electron chi connectivity index (χ1n) is 8.24. The van der Waals surface area contributed by atoms with Crippen LogP contribution in [-0.2, 0) is 11.2 Å². The molecule has 0 aliphatic rings. The highest BCUT2D eigenvalue weighted by molar-refractivity contribution is 5.61. The van der Waals surface area contributed by atoms with E-state index in [0.717, 1.165) is 11.8 Å². The Hall–Kier alpha value is -2.53. The SMILES string of the molecule is CC(C)c1ccc(C[C@](C)(C=O)[C@@H](O)c2ccc([N+](=O)[O-])cc2)cc1. The van der Waals surface area contributed by atoms with Crippen molar-refractivity contribution in [1.29, 1.82) is 0 Å². The van der Waals surface area contributed by atoms with E-state index in [1.54, 1.807) is 6.92 Å². The van der Waals surface area contributed by atoms with Gasteiger partial charge in [0.1, 0.15) is 6.29 Å². The summed E-state index contributed by atoms with van der Waals surface area (Å²) in [5, 5.41) is 21.4. The highest BCUT2D eigenvalue weighted by atomic mass is 16.6. The molecule has 0 amide bonds. The first-order chi connectivity index (χ1) is 11.8. The minimum atomic E-state index is -1.05. The molecule has 0 saturated carbocycles. The highest BCUT2D eigenvalue weighted by Crippen LogP contribution is 2.36. The standard InChI is InChI=1S/C20H23NO4/c1-14(2)16-6-4-15(5-7-16)12-20(3,13-22)19(23)17-8-10-18(11-9-17)21(24)25/h4-11,13-14,19,23H,12H2,1-3H3/t19-,20+/m0/s1. The van der Waals surface area contributed by atoms with E-state index in [0.29, 0.717) is 17.9 Å². The molecule has 2 aromatic rings. The average molecular weight is 341 g/mol. The second-order valence-corrected chi connectivity index (χ2v) is 6.95. The first kappa shape index (κ1) is 18.8. The molecule has 5 nitrogen and oxygen atoms in total. The van der Waals surface area contributed by atoms with Crippen molar-refractivity contribution in [2.45, 2.75) is 39.2 Å². The predicted molar refractivity (Wildman–Crippen MR) is 96.5 cm³/mol. The zero-order chi connectivity index (χ0) is 18.6. The van der Waals surface area contributed by atoms with Gasteiger partial charge in [0.05, 0.1) is 16.4 Å². The Labute approximate surface area is 147 Å². The Morgan fingerprint density at radius 3 is 2.04 bits per heavy atom. The summed E-state index contributed by atoms with van der Waals surface area (Å²) in [6, 6.07) is 13.7. The molecule has 132 valence electrons. The van der Waals surface area contributed by atoms with Gasteiger partial charge >= 0.3 is 0 Å². The number of nitro benzene ring substituents is 1. The number of aldehydes is 1.